The zero-order chi connectivity index (χ0) is 34.4. The third-order valence-electron chi connectivity index (χ3n) is 10.7. The lowest BCUT2D eigenvalue weighted by Gasteiger charge is -2.20. The molecule has 4 N–H and O–H groups in total. The van der Waals surface area contributed by atoms with Gasteiger partial charge in [-0.3, -0.25) is 14.4 Å². The maximum Gasteiger partial charge on any atom is 0.321 e. The number of hydrogen-bond donors (Lipinski definition) is 4. The number of nitrogens with one attached hydrogen (secondary N) is 4. The molecule has 2 aliphatic heterocycles. The van der Waals surface area contributed by atoms with E-state index in [9.17, 15) is 14.4 Å². The van der Waals surface area contributed by atoms with Crippen LogP contribution in [-0.4, -0.2) is 52.4 Å². The van der Waals surface area contributed by atoms with Gasteiger partial charge >= 0.3 is 11.9 Å². The van der Waals surface area contributed by atoms with Gasteiger partial charge in [-0.25, -0.2) is 0 Å². The second-order valence-corrected chi connectivity index (χ2v) is 13.2. The summed E-state index contributed by atoms with van der Waals surface area (Å²) in [6.07, 6.45) is 12.0. The molecule has 1 aliphatic carbocycles. The average molecular weight is 651 g/mol. The highest BCUT2D eigenvalue weighted by Gasteiger charge is 2.49. The summed E-state index contributed by atoms with van der Waals surface area (Å²) in [6.45, 7) is 16.7. The van der Waals surface area contributed by atoms with E-state index >= 15 is 0 Å². The molecule has 8 bridgehead atoms. The Kier molecular flexibility index (Phi) is 8.98. The van der Waals surface area contributed by atoms with Gasteiger partial charge in [0.05, 0.1) is 12.8 Å². The number of hydrogen-bond acceptors (Lipinski definition) is 6. The quantitative estimate of drug-likeness (QED) is 0.157. The highest BCUT2D eigenvalue weighted by atomic mass is 16.5. The average Bonchev–Trinajstić information content (AvgIpc) is 3.80. The molecule has 9 nitrogen and oxygen atoms in total. The molecule has 1 unspecified atom stereocenters. The Morgan fingerprint density at radius 2 is 1.79 bits per heavy atom. The Bertz CT molecular complexity index is 2020. The van der Waals surface area contributed by atoms with E-state index in [2.05, 4.69) is 66.7 Å². The van der Waals surface area contributed by atoms with Gasteiger partial charge in [-0.15, -0.1) is 0 Å². The molecule has 4 atom stereocenters. The highest BCUT2D eigenvalue weighted by molar-refractivity contribution is 6.24. The van der Waals surface area contributed by atoms with Crippen LogP contribution in [0.5, 0.6) is 0 Å². The first kappa shape index (κ1) is 33.1. The monoisotopic (exact) mass is 650 g/mol. The third kappa shape index (κ3) is 5.39. The number of ketones is 1. The van der Waals surface area contributed by atoms with Crippen molar-refractivity contribution in [1.29, 1.82) is 0 Å². The summed E-state index contributed by atoms with van der Waals surface area (Å²) in [4.78, 5) is 51.3. The molecular weight excluding hydrogens is 604 g/mol. The molecule has 0 spiro atoms. The first-order valence-electron chi connectivity index (χ1n) is 16.9. The van der Waals surface area contributed by atoms with Crippen LogP contribution in [0.3, 0.4) is 0 Å². The molecule has 6 rings (SSSR count). The van der Waals surface area contributed by atoms with Crippen LogP contribution >= 0.6 is 0 Å². The number of carbonyl (C=O) groups is 3. The van der Waals surface area contributed by atoms with Crippen molar-refractivity contribution in [2.75, 3.05) is 13.7 Å². The molecule has 252 valence electrons. The van der Waals surface area contributed by atoms with Gasteiger partial charge in [-0.2, -0.15) is 0 Å². The largest absolute Gasteiger partial charge is 0.468 e. The van der Waals surface area contributed by atoms with Crippen molar-refractivity contribution in [1.82, 2.24) is 20.3 Å². The zero-order valence-electron chi connectivity index (χ0n) is 29.0. The van der Waals surface area contributed by atoms with E-state index in [4.69, 9.17) is 9.47 Å². The minimum atomic E-state index is -1.10. The number of allylic oxidation sites excluding steroid dienone is 2. The molecule has 0 saturated carbocycles. The van der Waals surface area contributed by atoms with Gasteiger partial charge in [0, 0.05) is 75.0 Å². The number of fused-ring (bicyclic) bond motifs is 7. The third-order valence-corrected chi connectivity index (χ3v) is 10.7. The Morgan fingerprint density at radius 1 is 1.04 bits per heavy atom. The molecule has 3 aromatic heterocycles. The van der Waals surface area contributed by atoms with Crippen LogP contribution in [0.2, 0.25) is 0 Å². The molecule has 3 aromatic rings. The van der Waals surface area contributed by atoms with Gasteiger partial charge in [-0.1, -0.05) is 38.7 Å². The van der Waals surface area contributed by atoms with Crippen LogP contribution in [-0.2, 0) is 31.9 Å². The van der Waals surface area contributed by atoms with Gasteiger partial charge in [-0.05, 0) is 80.9 Å². The number of Topliss-reactive ketones (excluding diaryl/α,β-unsaturated/α-hetero) is 1. The normalized spacial score (nSPS) is 24.2. The summed E-state index contributed by atoms with van der Waals surface area (Å²) >= 11 is 0. The summed E-state index contributed by atoms with van der Waals surface area (Å²) in [5, 5.41) is 5.76. The van der Waals surface area contributed by atoms with E-state index in [0.29, 0.717) is 29.7 Å². The van der Waals surface area contributed by atoms with Crippen LogP contribution in [0.4, 0.5) is 0 Å². The van der Waals surface area contributed by atoms with Gasteiger partial charge in [0.25, 0.3) is 0 Å². The lowest BCUT2D eigenvalue weighted by atomic mass is 9.83. The standard InChI is InChI=1S/C39H46N4O5/c1-9-12-15-48-32(44)14-13-25-21(6)28-16-26-19(4)23(10-2)30(40-26)17-27-20(5)24(11-3)31(41-27)18-29-22(7)33-37(43-29)34(36(25)42-28)35(38(33)45)39(46)47-8/h9-10,12,17-18,21,25,28,35,40-43H,2,11,13-16H2,1,3-8H3/b12-9+,27-17-,31-18-,36-34-/t21-,25-,28?,35+/m0/s1. The summed E-state index contributed by atoms with van der Waals surface area (Å²) in [5.74, 6) is -2.33. The van der Waals surface area contributed by atoms with Crippen molar-refractivity contribution in [3.8, 4) is 0 Å². The maximum absolute atomic E-state index is 14.2. The lowest BCUT2D eigenvalue weighted by Crippen LogP contribution is -2.29. The molecular formula is C39H46N4O5. The number of carbonyl (C=O) groups excluding carboxylic acids is 3. The second kappa shape index (κ2) is 13.0. The van der Waals surface area contributed by atoms with Crippen LogP contribution in [0, 0.1) is 38.5 Å². The van der Waals surface area contributed by atoms with Crippen molar-refractivity contribution >= 4 is 41.5 Å². The molecule has 0 aromatic carbocycles. The van der Waals surface area contributed by atoms with E-state index in [1.54, 1.807) is 6.08 Å². The van der Waals surface area contributed by atoms with Gasteiger partial charge in [0.15, 0.2) is 5.78 Å². The predicted molar refractivity (Wildman–Crippen MR) is 187 cm³/mol. The van der Waals surface area contributed by atoms with Crippen molar-refractivity contribution in [2.45, 2.75) is 73.3 Å². The molecule has 0 radical (unpaired) electrons. The van der Waals surface area contributed by atoms with Crippen molar-refractivity contribution in [3.05, 3.63) is 91.3 Å². The van der Waals surface area contributed by atoms with Crippen LogP contribution in [0.25, 0.3) is 23.8 Å². The number of H-pyrrole nitrogens is 3. The van der Waals surface area contributed by atoms with E-state index in [-0.39, 0.29) is 42.7 Å². The van der Waals surface area contributed by atoms with Crippen molar-refractivity contribution in [2.24, 2.45) is 17.8 Å². The van der Waals surface area contributed by atoms with Crippen LogP contribution < -0.4 is 16.0 Å². The predicted octanol–water partition coefficient (Wildman–Crippen LogP) is 4.84. The summed E-state index contributed by atoms with van der Waals surface area (Å²) in [5.41, 5.74) is 10.8. The first-order valence-corrected chi connectivity index (χ1v) is 16.9. The Morgan fingerprint density at radius 3 is 2.48 bits per heavy atom. The van der Waals surface area contributed by atoms with Gasteiger partial charge < -0.3 is 29.7 Å². The van der Waals surface area contributed by atoms with E-state index in [0.717, 1.165) is 56.6 Å². The molecule has 0 amide bonds. The van der Waals surface area contributed by atoms with E-state index in [1.165, 1.54) is 18.2 Å². The molecule has 1 fully saturated rings. The van der Waals surface area contributed by atoms with Crippen LogP contribution in [0.15, 0.2) is 24.4 Å². The Balaban J connectivity index is 1.61. The fourth-order valence-electron chi connectivity index (χ4n) is 7.99. The minimum Gasteiger partial charge on any atom is -0.468 e. The molecule has 48 heavy (non-hydrogen) atoms. The number of rotatable bonds is 8. The minimum absolute atomic E-state index is 0.0441. The summed E-state index contributed by atoms with van der Waals surface area (Å²) in [6, 6.07) is -0.0441. The fraction of sp³-hybridized carbons (Fsp3) is 0.410. The topological polar surface area (TPSA) is 129 Å². The SMILES string of the molecule is C=Cc1c2[nH]c(c1C)CC1N/C(=C3\c4[nH]c(c(C)c4C(=O)[C@@H]3C(=O)OC)/C=c3\[nH]/c(c(C)c3CC)=C\2)[C@@H](CCC(=O)OC/C=C/C)[C@@H]1C. The van der Waals surface area contributed by atoms with E-state index < -0.39 is 11.9 Å². The number of methoxy groups -OCH3 is 1. The Hall–Kier alpha value is -4.79. The van der Waals surface area contributed by atoms with Gasteiger partial charge in [0.2, 0.25) is 0 Å². The first-order chi connectivity index (χ1) is 23.0. The highest BCUT2D eigenvalue weighted by Crippen LogP contribution is 2.47. The smallest absolute Gasteiger partial charge is 0.321 e. The molecule has 1 saturated heterocycles. The number of ether oxygens (including phenoxy) is 2. The van der Waals surface area contributed by atoms with Crippen molar-refractivity contribution in [3.63, 3.8) is 0 Å². The fourth-order valence-corrected chi connectivity index (χ4v) is 7.99. The number of aromatic amines is 3. The summed E-state index contributed by atoms with van der Waals surface area (Å²) in [7, 11) is 1.32. The molecule has 9 heteroatoms. The number of esters is 2. The van der Waals surface area contributed by atoms with E-state index in [1.807, 2.05) is 26.0 Å². The number of aromatic nitrogens is 3. The zero-order valence-corrected chi connectivity index (χ0v) is 29.0. The Labute approximate surface area is 281 Å². The molecule has 3 aliphatic rings. The van der Waals surface area contributed by atoms with Gasteiger partial charge in [0.1, 0.15) is 12.5 Å². The van der Waals surface area contributed by atoms with Crippen LogP contribution in [0.1, 0.15) is 94.6 Å². The second-order valence-electron chi connectivity index (χ2n) is 13.2. The molecule has 5 heterocycles. The lowest BCUT2D eigenvalue weighted by molar-refractivity contribution is -0.143. The van der Waals surface area contributed by atoms with Crippen molar-refractivity contribution < 1.29 is 23.9 Å². The maximum atomic E-state index is 14.2. The summed E-state index contributed by atoms with van der Waals surface area (Å²) < 4.78 is 10.7.